The molecule has 0 aliphatic carbocycles. The van der Waals surface area contributed by atoms with E-state index in [-0.39, 0.29) is 12.3 Å². The first-order chi connectivity index (χ1) is 8.15. The average molecular weight is 235 g/mol. The molecule has 17 heavy (non-hydrogen) atoms. The van der Waals surface area contributed by atoms with Crippen LogP contribution in [-0.4, -0.2) is 34.1 Å². The van der Waals surface area contributed by atoms with E-state index in [1.54, 1.807) is 6.20 Å². The van der Waals surface area contributed by atoms with Crippen molar-refractivity contribution in [2.24, 2.45) is 5.92 Å². The molecule has 1 atom stereocenters. The lowest BCUT2D eigenvalue weighted by molar-refractivity contribution is -0.138. The van der Waals surface area contributed by atoms with Crippen molar-refractivity contribution < 1.29 is 9.90 Å². The third-order valence-corrected chi connectivity index (χ3v) is 3.05. The van der Waals surface area contributed by atoms with Crippen molar-refractivity contribution in [1.29, 1.82) is 0 Å². The lowest BCUT2D eigenvalue weighted by Gasteiger charge is -2.32. The molecule has 1 N–H and O–H groups in total. The number of carbonyl (C=O) groups is 1. The Balaban J connectivity index is 2.04. The van der Waals surface area contributed by atoms with Crippen molar-refractivity contribution >= 4 is 11.9 Å². The summed E-state index contributed by atoms with van der Waals surface area (Å²) in [5.74, 6) is 0.215. The molecule has 2 rings (SSSR count). The number of aliphatic carboxylic acids is 1. The summed E-state index contributed by atoms with van der Waals surface area (Å²) in [5.41, 5.74) is 0.940. The topological polar surface area (TPSA) is 66.3 Å². The lowest BCUT2D eigenvalue weighted by Crippen LogP contribution is -2.37. The summed E-state index contributed by atoms with van der Waals surface area (Å²) in [6.45, 7) is 3.60. The number of carboxylic acid groups (broad SMARTS) is 1. The highest BCUT2D eigenvalue weighted by Gasteiger charge is 2.23. The maximum absolute atomic E-state index is 10.7. The first-order valence-electron chi connectivity index (χ1n) is 5.91. The van der Waals surface area contributed by atoms with E-state index in [1.165, 1.54) is 0 Å². The molecule has 2 heterocycles. The van der Waals surface area contributed by atoms with Gasteiger partial charge in [-0.25, -0.2) is 9.97 Å². The van der Waals surface area contributed by atoms with E-state index < -0.39 is 5.97 Å². The average Bonchev–Trinajstić information content (AvgIpc) is 2.28. The highest BCUT2D eigenvalue weighted by atomic mass is 16.4. The minimum atomic E-state index is -0.720. The van der Waals surface area contributed by atoms with Crippen LogP contribution in [0.15, 0.2) is 12.3 Å². The van der Waals surface area contributed by atoms with E-state index in [4.69, 9.17) is 5.11 Å². The maximum Gasteiger partial charge on any atom is 0.303 e. The molecule has 1 fully saturated rings. The Morgan fingerprint density at radius 1 is 1.65 bits per heavy atom. The van der Waals surface area contributed by atoms with Gasteiger partial charge in [0.15, 0.2) is 0 Å². The molecule has 0 spiro atoms. The van der Waals surface area contributed by atoms with Gasteiger partial charge in [-0.1, -0.05) is 0 Å². The van der Waals surface area contributed by atoms with Crippen molar-refractivity contribution in [3.63, 3.8) is 0 Å². The molecule has 1 aliphatic rings. The second-order valence-electron chi connectivity index (χ2n) is 4.55. The van der Waals surface area contributed by atoms with Gasteiger partial charge in [0.05, 0.1) is 0 Å². The van der Waals surface area contributed by atoms with Gasteiger partial charge >= 0.3 is 5.97 Å². The summed E-state index contributed by atoms with van der Waals surface area (Å²) < 4.78 is 0. The summed E-state index contributed by atoms with van der Waals surface area (Å²) >= 11 is 0. The third kappa shape index (κ3) is 3.15. The second-order valence-corrected chi connectivity index (χ2v) is 4.55. The fourth-order valence-corrected chi connectivity index (χ4v) is 2.25. The summed E-state index contributed by atoms with van der Waals surface area (Å²) in [5, 5.41) is 8.82. The Hall–Kier alpha value is -1.65. The van der Waals surface area contributed by atoms with Gasteiger partial charge in [0, 0.05) is 31.4 Å². The first kappa shape index (κ1) is 11.8. The molecule has 92 valence electrons. The fourth-order valence-electron chi connectivity index (χ4n) is 2.25. The zero-order valence-electron chi connectivity index (χ0n) is 9.96. The van der Waals surface area contributed by atoms with Gasteiger partial charge in [0.2, 0.25) is 5.95 Å². The van der Waals surface area contributed by atoms with Crippen LogP contribution in [0, 0.1) is 12.8 Å². The van der Waals surface area contributed by atoms with Crippen LogP contribution in [0.5, 0.6) is 0 Å². The standard InChI is InChI=1S/C12H17N3O2/c1-9-4-5-13-12(14-9)15-6-2-3-10(8-15)7-11(16)17/h4-5,10H,2-3,6-8H2,1H3,(H,16,17). The number of carboxylic acids is 1. The monoisotopic (exact) mass is 235 g/mol. The van der Waals surface area contributed by atoms with Gasteiger partial charge in [-0.3, -0.25) is 4.79 Å². The zero-order chi connectivity index (χ0) is 12.3. The van der Waals surface area contributed by atoms with Gasteiger partial charge in [0.25, 0.3) is 0 Å². The number of hydrogen-bond acceptors (Lipinski definition) is 4. The van der Waals surface area contributed by atoms with Crippen LogP contribution in [0.2, 0.25) is 0 Å². The van der Waals surface area contributed by atoms with Crippen LogP contribution in [0.4, 0.5) is 5.95 Å². The number of aryl methyl sites for hydroxylation is 1. The van der Waals surface area contributed by atoms with Gasteiger partial charge < -0.3 is 10.0 Å². The Kier molecular flexibility index (Phi) is 3.56. The van der Waals surface area contributed by atoms with Crippen LogP contribution in [0.3, 0.4) is 0 Å². The van der Waals surface area contributed by atoms with E-state index in [1.807, 2.05) is 13.0 Å². The minimum Gasteiger partial charge on any atom is -0.481 e. The van der Waals surface area contributed by atoms with E-state index in [0.29, 0.717) is 0 Å². The molecular weight excluding hydrogens is 218 g/mol. The SMILES string of the molecule is Cc1ccnc(N2CCCC(CC(=O)O)C2)n1. The van der Waals surface area contributed by atoms with E-state index >= 15 is 0 Å². The number of anilines is 1. The highest BCUT2D eigenvalue weighted by molar-refractivity contribution is 5.67. The van der Waals surface area contributed by atoms with Crippen molar-refractivity contribution in [1.82, 2.24) is 9.97 Å². The largest absolute Gasteiger partial charge is 0.481 e. The van der Waals surface area contributed by atoms with Crippen molar-refractivity contribution in [2.75, 3.05) is 18.0 Å². The summed E-state index contributed by atoms with van der Waals surface area (Å²) in [6, 6.07) is 1.86. The molecule has 5 nitrogen and oxygen atoms in total. The normalized spacial score (nSPS) is 20.3. The number of rotatable bonds is 3. The molecule has 0 radical (unpaired) electrons. The zero-order valence-corrected chi connectivity index (χ0v) is 9.96. The lowest BCUT2D eigenvalue weighted by atomic mass is 9.95. The van der Waals surface area contributed by atoms with Gasteiger partial charge in [-0.15, -0.1) is 0 Å². The molecule has 1 aromatic heterocycles. The molecule has 1 unspecified atom stereocenters. The fraction of sp³-hybridized carbons (Fsp3) is 0.583. The molecule has 0 aromatic carbocycles. The van der Waals surface area contributed by atoms with Crippen LogP contribution in [0.25, 0.3) is 0 Å². The smallest absolute Gasteiger partial charge is 0.303 e. The molecule has 1 saturated heterocycles. The predicted octanol–water partition coefficient (Wildman–Crippen LogP) is 1.48. The Morgan fingerprint density at radius 2 is 2.47 bits per heavy atom. The van der Waals surface area contributed by atoms with Crippen molar-refractivity contribution in [2.45, 2.75) is 26.2 Å². The van der Waals surface area contributed by atoms with Gasteiger partial charge in [-0.05, 0) is 31.7 Å². The van der Waals surface area contributed by atoms with Crippen LogP contribution in [0.1, 0.15) is 25.0 Å². The Labute approximate surface area is 100 Å². The minimum absolute atomic E-state index is 0.213. The number of piperidine rings is 1. The summed E-state index contributed by atoms with van der Waals surface area (Å²) in [6.07, 6.45) is 3.98. The van der Waals surface area contributed by atoms with Gasteiger partial charge in [-0.2, -0.15) is 0 Å². The molecule has 0 saturated carbocycles. The van der Waals surface area contributed by atoms with Crippen molar-refractivity contribution in [3.8, 4) is 0 Å². The maximum atomic E-state index is 10.7. The molecule has 0 amide bonds. The van der Waals surface area contributed by atoms with Crippen LogP contribution < -0.4 is 4.90 Å². The van der Waals surface area contributed by atoms with Crippen molar-refractivity contribution in [3.05, 3.63) is 18.0 Å². The van der Waals surface area contributed by atoms with Crippen LogP contribution in [-0.2, 0) is 4.79 Å². The molecule has 1 aliphatic heterocycles. The van der Waals surface area contributed by atoms with E-state index in [9.17, 15) is 4.79 Å². The summed E-state index contributed by atoms with van der Waals surface area (Å²) in [4.78, 5) is 21.4. The first-order valence-corrected chi connectivity index (χ1v) is 5.91. The predicted molar refractivity (Wildman–Crippen MR) is 64.0 cm³/mol. The second kappa shape index (κ2) is 5.12. The number of hydrogen-bond donors (Lipinski definition) is 1. The number of nitrogens with zero attached hydrogens (tertiary/aromatic N) is 3. The van der Waals surface area contributed by atoms with Gasteiger partial charge in [0.1, 0.15) is 0 Å². The Morgan fingerprint density at radius 3 is 3.18 bits per heavy atom. The van der Waals surface area contributed by atoms with E-state index in [2.05, 4.69) is 14.9 Å². The molecule has 5 heteroatoms. The van der Waals surface area contributed by atoms with Crippen LogP contribution >= 0.6 is 0 Å². The Bertz CT molecular complexity index is 408. The third-order valence-electron chi connectivity index (χ3n) is 3.05. The highest BCUT2D eigenvalue weighted by Crippen LogP contribution is 2.22. The molecule has 0 bridgehead atoms. The molecule has 1 aromatic rings. The molecular formula is C12H17N3O2. The number of aromatic nitrogens is 2. The summed E-state index contributed by atoms with van der Waals surface area (Å²) in [7, 11) is 0. The quantitative estimate of drug-likeness (QED) is 0.859. The van der Waals surface area contributed by atoms with E-state index in [0.717, 1.165) is 37.6 Å².